The fourth-order valence-electron chi connectivity index (χ4n) is 1.79. The van der Waals surface area contributed by atoms with Crippen LogP contribution in [-0.4, -0.2) is 7.11 Å². The van der Waals surface area contributed by atoms with Crippen LogP contribution in [0, 0.1) is 11.6 Å². The molecule has 0 amide bonds. The van der Waals surface area contributed by atoms with Gasteiger partial charge in [-0.15, -0.1) is 0 Å². The van der Waals surface area contributed by atoms with Crippen molar-refractivity contribution in [1.82, 2.24) is 0 Å². The summed E-state index contributed by atoms with van der Waals surface area (Å²) in [5, 5.41) is 3.25. The molecule has 106 valence electrons. The van der Waals surface area contributed by atoms with Gasteiger partial charge in [-0.3, -0.25) is 0 Å². The summed E-state index contributed by atoms with van der Waals surface area (Å²) in [5.41, 5.74) is 0.687. The molecule has 0 spiro atoms. The van der Waals surface area contributed by atoms with Gasteiger partial charge in [0.25, 0.3) is 0 Å². The van der Waals surface area contributed by atoms with E-state index in [9.17, 15) is 8.78 Å². The molecular weight excluding hydrogens is 307 g/mol. The average molecular weight is 318 g/mol. The van der Waals surface area contributed by atoms with E-state index in [0.717, 1.165) is 12.1 Å². The molecule has 1 N–H and O–H groups in total. The van der Waals surface area contributed by atoms with Crippen molar-refractivity contribution in [2.45, 2.75) is 6.54 Å². The molecule has 0 radical (unpaired) electrons. The highest BCUT2D eigenvalue weighted by molar-refractivity contribution is 6.33. The van der Waals surface area contributed by atoms with Crippen LogP contribution in [0.3, 0.4) is 0 Å². The summed E-state index contributed by atoms with van der Waals surface area (Å²) >= 11 is 11.9. The van der Waals surface area contributed by atoms with E-state index in [4.69, 9.17) is 27.9 Å². The van der Waals surface area contributed by atoms with Gasteiger partial charge in [0.2, 0.25) is 0 Å². The third kappa shape index (κ3) is 3.14. The minimum absolute atomic E-state index is 0.0232. The van der Waals surface area contributed by atoms with E-state index in [0.29, 0.717) is 16.3 Å². The van der Waals surface area contributed by atoms with E-state index in [1.165, 1.54) is 7.11 Å². The monoisotopic (exact) mass is 317 g/mol. The number of ether oxygens (including phenoxy) is 1. The first-order valence-electron chi connectivity index (χ1n) is 5.72. The van der Waals surface area contributed by atoms with Crippen molar-refractivity contribution in [3.05, 3.63) is 57.6 Å². The van der Waals surface area contributed by atoms with Gasteiger partial charge < -0.3 is 10.1 Å². The van der Waals surface area contributed by atoms with Crippen molar-refractivity contribution in [2.75, 3.05) is 12.4 Å². The summed E-state index contributed by atoms with van der Waals surface area (Å²) in [6.45, 7) is 0.200. The molecule has 0 fully saturated rings. The summed E-state index contributed by atoms with van der Waals surface area (Å²) in [7, 11) is 1.51. The van der Waals surface area contributed by atoms with E-state index < -0.39 is 11.6 Å². The SMILES string of the molecule is COc1cccc(Cl)c1CNc1c(F)cc(F)cc1Cl. The quantitative estimate of drug-likeness (QED) is 0.866. The van der Waals surface area contributed by atoms with Gasteiger partial charge in [0.1, 0.15) is 11.6 Å². The molecule has 0 aromatic heterocycles. The van der Waals surface area contributed by atoms with Crippen molar-refractivity contribution < 1.29 is 13.5 Å². The van der Waals surface area contributed by atoms with Gasteiger partial charge in [0.05, 0.1) is 17.8 Å². The van der Waals surface area contributed by atoms with Gasteiger partial charge in [0.15, 0.2) is 5.82 Å². The van der Waals surface area contributed by atoms with Gasteiger partial charge in [-0.25, -0.2) is 8.78 Å². The Balaban J connectivity index is 2.26. The zero-order chi connectivity index (χ0) is 14.7. The minimum atomic E-state index is -0.763. The molecule has 0 saturated carbocycles. The molecule has 0 bridgehead atoms. The maximum atomic E-state index is 13.6. The predicted octanol–water partition coefficient (Wildman–Crippen LogP) is 4.89. The lowest BCUT2D eigenvalue weighted by Gasteiger charge is -2.13. The normalized spacial score (nSPS) is 10.4. The molecule has 0 aliphatic heterocycles. The Bertz CT molecular complexity index is 612. The number of anilines is 1. The van der Waals surface area contributed by atoms with Gasteiger partial charge >= 0.3 is 0 Å². The van der Waals surface area contributed by atoms with Crippen molar-refractivity contribution in [3.8, 4) is 5.75 Å². The Morgan fingerprint density at radius 2 is 1.90 bits per heavy atom. The molecular formula is C14H11Cl2F2NO. The number of methoxy groups -OCH3 is 1. The fraction of sp³-hybridized carbons (Fsp3) is 0.143. The van der Waals surface area contributed by atoms with Crippen LogP contribution in [-0.2, 0) is 6.54 Å². The maximum Gasteiger partial charge on any atom is 0.150 e. The third-order valence-electron chi connectivity index (χ3n) is 2.74. The smallest absolute Gasteiger partial charge is 0.150 e. The number of hydrogen-bond donors (Lipinski definition) is 1. The Morgan fingerprint density at radius 1 is 1.15 bits per heavy atom. The van der Waals surface area contributed by atoms with E-state index >= 15 is 0 Å². The predicted molar refractivity (Wildman–Crippen MR) is 76.7 cm³/mol. The molecule has 0 aliphatic rings. The summed E-state index contributed by atoms with van der Waals surface area (Å²) in [6, 6.07) is 6.99. The van der Waals surface area contributed by atoms with Gasteiger partial charge in [-0.1, -0.05) is 29.3 Å². The molecule has 0 heterocycles. The molecule has 0 unspecified atom stereocenters. The first-order valence-corrected chi connectivity index (χ1v) is 6.48. The van der Waals surface area contributed by atoms with Gasteiger partial charge in [-0.05, 0) is 18.2 Å². The molecule has 2 rings (SSSR count). The van der Waals surface area contributed by atoms with Gasteiger partial charge in [0, 0.05) is 23.2 Å². The maximum absolute atomic E-state index is 13.6. The Morgan fingerprint density at radius 3 is 2.55 bits per heavy atom. The summed E-state index contributed by atoms with van der Waals surface area (Å²) < 4.78 is 31.8. The van der Waals surface area contributed by atoms with Crippen LogP contribution in [0.5, 0.6) is 5.75 Å². The van der Waals surface area contributed by atoms with Crippen LogP contribution in [0.4, 0.5) is 14.5 Å². The van der Waals surface area contributed by atoms with Crippen molar-refractivity contribution in [2.24, 2.45) is 0 Å². The molecule has 0 saturated heterocycles. The molecule has 20 heavy (non-hydrogen) atoms. The lowest BCUT2D eigenvalue weighted by molar-refractivity contribution is 0.410. The van der Waals surface area contributed by atoms with Crippen molar-refractivity contribution in [3.63, 3.8) is 0 Å². The number of nitrogens with one attached hydrogen (secondary N) is 1. The topological polar surface area (TPSA) is 21.3 Å². The van der Waals surface area contributed by atoms with Crippen molar-refractivity contribution in [1.29, 1.82) is 0 Å². The Kier molecular flexibility index (Phi) is 4.68. The van der Waals surface area contributed by atoms with E-state index in [2.05, 4.69) is 5.32 Å². The van der Waals surface area contributed by atoms with Gasteiger partial charge in [-0.2, -0.15) is 0 Å². The lowest BCUT2D eigenvalue weighted by Crippen LogP contribution is -2.05. The molecule has 0 aliphatic carbocycles. The Labute approximate surface area is 125 Å². The number of halogens is 4. The average Bonchev–Trinajstić information content (AvgIpc) is 2.38. The Hall–Kier alpha value is -1.52. The first kappa shape index (κ1) is 14.9. The number of rotatable bonds is 4. The highest BCUT2D eigenvalue weighted by atomic mass is 35.5. The van der Waals surface area contributed by atoms with Crippen LogP contribution in [0.15, 0.2) is 30.3 Å². The molecule has 2 nitrogen and oxygen atoms in total. The lowest BCUT2D eigenvalue weighted by atomic mass is 10.2. The van der Waals surface area contributed by atoms with Crippen molar-refractivity contribution >= 4 is 28.9 Å². The minimum Gasteiger partial charge on any atom is -0.496 e. The molecule has 6 heteroatoms. The number of hydrogen-bond acceptors (Lipinski definition) is 2. The third-order valence-corrected chi connectivity index (χ3v) is 3.40. The highest BCUT2D eigenvalue weighted by Gasteiger charge is 2.12. The van der Waals surface area contributed by atoms with E-state index in [1.807, 2.05) is 0 Å². The largest absolute Gasteiger partial charge is 0.496 e. The second kappa shape index (κ2) is 6.29. The zero-order valence-corrected chi connectivity index (χ0v) is 12.0. The van der Waals surface area contributed by atoms with Crippen LogP contribution in [0.25, 0.3) is 0 Å². The molecule has 0 atom stereocenters. The van der Waals surface area contributed by atoms with E-state index in [-0.39, 0.29) is 17.3 Å². The van der Waals surface area contributed by atoms with Crippen LogP contribution < -0.4 is 10.1 Å². The fourth-order valence-corrected chi connectivity index (χ4v) is 2.28. The summed E-state index contributed by atoms with van der Waals surface area (Å²) in [4.78, 5) is 0. The molecule has 2 aromatic rings. The second-order valence-corrected chi connectivity index (χ2v) is 4.83. The standard InChI is InChI=1S/C14H11Cl2F2NO/c1-20-13-4-2-3-10(15)9(13)7-19-14-11(16)5-8(17)6-12(14)18/h2-6,19H,7H2,1H3. The van der Waals surface area contributed by atoms with Crippen LogP contribution in [0.2, 0.25) is 10.0 Å². The zero-order valence-electron chi connectivity index (χ0n) is 10.5. The summed E-state index contributed by atoms with van der Waals surface area (Å²) in [6.07, 6.45) is 0. The molecule has 2 aromatic carbocycles. The number of benzene rings is 2. The van der Waals surface area contributed by atoms with Crippen LogP contribution >= 0.6 is 23.2 Å². The first-order chi connectivity index (χ1) is 9.52. The van der Waals surface area contributed by atoms with E-state index in [1.54, 1.807) is 18.2 Å². The second-order valence-electron chi connectivity index (χ2n) is 4.02. The highest BCUT2D eigenvalue weighted by Crippen LogP contribution is 2.30. The summed E-state index contributed by atoms with van der Waals surface area (Å²) in [5.74, 6) is -0.918. The van der Waals surface area contributed by atoms with Crippen LogP contribution in [0.1, 0.15) is 5.56 Å².